The molecule has 4 heavy (non-hydrogen) atoms. The first-order valence-electron chi connectivity index (χ1n) is 0. The predicted molar refractivity (Wildman–Crippen MR) is 1.37 cm³/mol. The summed E-state index contributed by atoms with van der Waals surface area (Å²) in [6.45, 7) is 0. The second-order valence-corrected chi connectivity index (χ2v) is 0. The van der Waals surface area contributed by atoms with Crippen molar-refractivity contribution in [3.05, 3.63) is 0 Å². The Morgan fingerprint density at radius 3 is 0.750 bits per heavy atom. The molecule has 4 heteroatoms. The molecule has 0 heterocycles. The maximum Gasteiger partial charge on any atom is 4.00 e. The van der Waals surface area contributed by atoms with Crippen LogP contribution >= 0.6 is 0 Å². The van der Waals surface area contributed by atoms with Gasteiger partial charge < -0.3 is 11.0 Å². The fraction of sp³-hybridized carbons (Fsp3) is 0. The summed E-state index contributed by atoms with van der Waals surface area (Å²) < 4.78 is 0. The molecule has 0 aliphatic heterocycles. The van der Waals surface area contributed by atoms with Crippen LogP contribution in [0.15, 0.2) is 0 Å². The SMILES string of the molecule is [Ni+2].[O-2].[O-2].[Ti+4]. The molecular formula is NiO2Ti+2. The number of hydrogen-bond acceptors (Lipinski definition) is 0. The fourth-order valence-corrected chi connectivity index (χ4v) is 0. The molecule has 0 aromatic carbocycles. The van der Waals surface area contributed by atoms with E-state index in [-0.39, 0.29) is 49.2 Å². The molecule has 0 rings (SSSR count). The van der Waals surface area contributed by atoms with Gasteiger partial charge in [0, 0.05) is 0 Å². The van der Waals surface area contributed by atoms with Gasteiger partial charge in [-0.2, -0.15) is 0 Å². The van der Waals surface area contributed by atoms with E-state index in [1.807, 2.05) is 0 Å². The van der Waals surface area contributed by atoms with Crippen molar-refractivity contribution in [2.75, 3.05) is 0 Å². The first-order chi connectivity index (χ1) is 0. The van der Waals surface area contributed by atoms with Gasteiger partial charge in [0.05, 0.1) is 0 Å². The minimum Gasteiger partial charge on any atom is -2.00 e. The summed E-state index contributed by atoms with van der Waals surface area (Å²) in [4.78, 5) is 0. The van der Waals surface area contributed by atoms with Crippen LogP contribution in [0.4, 0.5) is 0 Å². The molecule has 0 aromatic heterocycles. The minimum atomic E-state index is 0. The minimum absolute atomic E-state index is 0. The van der Waals surface area contributed by atoms with E-state index in [9.17, 15) is 0 Å². The van der Waals surface area contributed by atoms with Crippen LogP contribution in [-0.2, 0) is 49.2 Å². The van der Waals surface area contributed by atoms with Crippen LogP contribution in [0.25, 0.3) is 0 Å². The van der Waals surface area contributed by atoms with E-state index < -0.39 is 0 Å². The second kappa shape index (κ2) is 31.7. The zero-order valence-electron chi connectivity index (χ0n) is 1.63. The zero-order valence-corrected chi connectivity index (χ0v) is 4.18. The van der Waals surface area contributed by atoms with E-state index in [2.05, 4.69) is 0 Å². The van der Waals surface area contributed by atoms with Gasteiger partial charge in [-0.15, -0.1) is 0 Å². The summed E-state index contributed by atoms with van der Waals surface area (Å²) in [5.74, 6) is 0. The third kappa shape index (κ3) is 11.1. The van der Waals surface area contributed by atoms with Crippen molar-refractivity contribution in [1.29, 1.82) is 0 Å². The molecule has 0 saturated heterocycles. The summed E-state index contributed by atoms with van der Waals surface area (Å²) >= 11 is 0. The Morgan fingerprint density at radius 1 is 0.750 bits per heavy atom. The van der Waals surface area contributed by atoms with Gasteiger partial charge in [0.25, 0.3) is 0 Å². The molecule has 0 N–H and O–H groups in total. The third-order valence-electron chi connectivity index (χ3n) is 0. The Bertz CT molecular complexity index is 6.00. The van der Waals surface area contributed by atoms with E-state index in [0.717, 1.165) is 0 Å². The van der Waals surface area contributed by atoms with Gasteiger partial charge in [-0.3, -0.25) is 0 Å². The van der Waals surface area contributed by atoms with Crippen molar-refractivity contribution in [3.8, 4) is 0 Å². The summed E-state index contributed by atoms with van der Waals surface area (Å²) in [5, 5.41) is 0. The Balaban J connectivity index is 0. The first-order valence-corrected chi connectivity index (χ1v) is 0. The molecule has 0 amide bonds. The number of hydrogen-bond donors (Lipinski definition) is 0. The standard InChI is InChI=1S/Ni.2O.Ti/q+2;2*-2;+4. The van der Waals surface area contributed by atoms with E-state index in [1.54, 1.807) is 0 Å². The Labute approximate surface area is 49.4 Å². The average Bonchev–Trinajstić information content (AvgIpc) is 0. The molecule has 2 nitrogen and oxygen atoms in total. The first kappa shape index (κ1) is 68.7. The van der Waals surface area contributed by atoms with Crippen molar-refractivity contribution >= 4 is 0 Å². The van der Waals surface area contributed by atoms with Crippen molar-refractivity contribution in [2.24, 2.45) is 0 Å². The molecule has 0 fully saturated rings. The van der Waals surface area contributed by atoms with Crippen LogP contribution in [0.1, 0.15) is 0 Å². The molecule has 0 saturated carbocycles. The van der Waals surface area contributed by atoms with Crippen LogP contribution < -0.4 is 0 Å². The van der Waals surface area contributed by atoms with Crippen LogP contribution in [0.5, 0.6) is 0 Å². The Kier molecular flexibility index (Phi) is 545. The predicted octanol–water partition coefficient (Wildman–Crippen LogP) is -0.243. The molecule has 0 spiro atoms. The average molecular weight is 139 g/mol. The summed E-state index contributed by atoms with van der Waals surface area (Å²) in [5.41, 5.74) is 0. The van der Waals surface area contributed by atoms with Crippen LogP contribution in [-0.4, -0.2) is 0 Å². The normalized spacial score (nSPS) is 0. The molecular weight excluding hydrogens is 139 g/mol. The molecule has 0 atom stereocenters. The Hall–Kier alpha value is 1.13. The maximum atomic E-state index is 0. The van der Waals surface area contributed by atoms with E-state index in [4.69, 9.17) is 0 Å². The molecule has 0 radical (unpaired) electrons. The fourth-order valence-electron chi connectivity index (χ4n) is 0. The monoisotopic (exact) mass is 138 g/mol. The van der Waals surface area contributed by atoms with Crippen molar-refractivity contribution < 1.29 is 49.2 Å². The van der Waals surface area contributed by atoms with Crippen molar-refractivity contribution in [1.82, 2.24) is 0 Å². The van der Waals surface area contributed by atoms with Crippen molar-refractivity contribution in [3.63, 3.8) is 0 Å². The molecule has 0 aliphatic carbocycles. The van der Waals surface area contributed by atoms with Gasteiger partial charge >= 0.3 is 38.2 Å². The molecule has 24 valence electrons. The summed E-state index contributed by atoms with van der Waals surface area (Å²) in [6.07, 6.45) is 0. The molecule has 0 bridgehead atoms. The summed E-state index contributed by atoms with van der Waals surface area (Å²) in [6, 6.07) is 0. The van der Waals surface area contributed by atoms with Crippen LogP contribution in [0, 0.1) is 0 Å². The number of rotatable bonds is 0. The zero-order chi connectivity index (χ0) is 0. The topological polar surface area (TPSA) is 57.0 Å². The Morgan fingerprint density at radius 2 is 0.750 bits per heavy atom. The van der Waals surface area contributed by atoms with Crippen LogP contribution in [0.2, 0.25) is 0 Å². The van der Waals surface area contributed by atoms with Gasteiger partial charge in [0.1, 0.15) is 0 Å². The smallest absolute Gasteiger partial charge is 2.00 e. The molecule has 0 aliphatic rings. The van der Waals surface area contributed by atoms with E-state index >= 15 is 0 Å². The van der Waals surface area contributed by atoms with E-state index in [0.29, 0.717) is 0 Å². The van der Waals surface area contributed by atoms with Gasteiger partial charge in [-0.05, 0) is 0 Å². The maximum absolute atomic E-state index is 0. The molecule has 0 aromatic rings. The second-order valence-electron chi connectivity index (χ2n) is 0. The largest absolute Gasteiger partial charge is 4.00 e. The third-order valence-corrected chi connectivity index (χ3v) is 0. The van der Waals surface area contributed by atoms with Crippen LogP contribution in [0.3, 0.4) is 0 Å². The quantitative estimate of drug-likeness (QED) is 0.415. The van der Waals surface area contributed by atoms with Gasteiger partial charge in [-0.25, -0.2) is 0 Å². The van der Waals surface area contributed by atoms with E-state index in [1.165, 1.54) is 0 Å². The van der Waals surface area contributed by atoms with Gasteiger partial charge in [-0.1, -0.05) is 0 Å². The van der Waals surface area contributed by atoms with Crippen molar-refractivity contribution in [2.45, 2.75) is 0 Å². The van der Waals surface area contributed by atoms with Gasteiger partial charge in [0.2, 0.25) is 0 Å². The van der Waals surface area contributed by atoms with Gasteiger partial charge in [0.15, 0.2) is 0 Å². The molecule has 0 unspecified atom stereocenters. The summed E-state index contributed by atoms with van der Waals surface area (Å²) in [7, 11) is 0.